The number of hydrogen-bond acceptors (Lipinski definition) is 9. The summed E-state index contributed by atoms with van der Waals surface area (Å²) in [5, 5.41) is 11.9. The van der Waals surface area contributed by atoms with E-state index in [1.807, 2.05) is 37.2 Å². The molecule has 0 spiro atoms. The minimum Gasteiger partial charge on any atom is -0.503 e. The summed E-state index contributed by atoms with van der Waals surface area (Å²) in [4.78, 5) is 47.2. The van der Waals surface area contributed by atoms with E-state index in [4.69, 9.17) is 9.15 Å². The molecule has 1 amide bonds. The van der Waals surface area contributed by atoms with E-state index < -0.39 is 29.5 Å². The quantitative estimate of drug-likeness (QED) is 0.286. The number of nitrogens with zero attached hydrogens (tertiary/aromatic N) is 3. The molecule has 10 heteroatoms. The number of aryl methyl sites for hydroxylation is 1. The van der Waals surface area contributed by atoms with Crippen LogP contribution >= 0.6 is 11.3 Å². The molecule has 37 heavy (non-hydrogen) atoms. The third kappa shape index (κ3) is 4.05. The second-order valence-electron chi connectivity index (χ2n) is 8.71. The highest BCUT2D eigenvalue weighted by atomic mass is 32.1. The molecule has 9 nitrogen and oxygen atoms in total. The molecule has 1 atom stereocenters. The molecule has 0 aliphatic carbocycles. The van der Waals surface area contributed by atoms with Crippen LogP contribution in [0.4, 0.5) is 10.8 Å². The molecule has 2 aromatic carbocycles. The maximum absolute atomic E-state index is 13.7. The van der Waals surface area contributed by atoms with Crippen molar-refractivity contribution in [1.29, 1.82) is 0 Å². The molecule has 188 valence electrons. The number of fused-ring (bicyclic) bond motifs is 1. The third-order valence-corrected chi connectivity index (χ3v) is 7.33. The molecule has 1 aliphatic heterocycles. The lowest BCUT2D eigenvalue weighted by Gasteiger charge is -2.25. The number of esters is 1. The van der Waals surface area contributed by atoms with Gasteiger partial charge in [-0.3, -0.25) is 14.5 Å². The van der Waals surface area contributed by atoms with Crippen LogP contribution < -0.4 is 9.80 Å². The van der Waals surface area contributed by atoms with Gasteiger partial charge in [-0.2, -0.15) is 0 Å². The Balaban J connectivity index is 1.65. The van der Waals surface area contributed by atoms with E-state index in [0.29, 0.717) is 16.8 Å². The molecule has 1 N–H and O–H groups in total. The Morgan fingerprint density at radius 3 is 2.49 bits per heavy atom. The van der Waals surface area contributed by atoms with E-state index in [0.717, 1.165) is 22.4 Å². The van der Waals surface area contributed by atoms with E-state index in [1.165, 1.54) is 12.0 Å². The monoisotopic (exact) mass is 517 g/mol. The molecule has 0 bridgehead atoms. The molecule has 0 saturated heterocycles. The van der Waals surface area contributed by atoms with Crippen molar-refractivity contribution in [2.24, 2.45) is 0 Å². The zero-order valence-corrected chi connectivity index (χ0v) is 21.3. The molecule has 0 fully saturated rings. The van der Waals surface area contributed by atoms with Crippen LogP contribution in [-0.4, -0.2) is 49.0 Å². The molecule has 4 aromatic rings. The van der Waals surface area contributed by atoms with Crippen molar-refractivity contribution in [3.63, 3.8) is 0 Å². The first-order valence-electron chi connectivity index (χ1n) is 11.3. The lowest BCUT2D eigenvalue weighted by molar-refractivity contribution is -0.117. The predicted molar refractivity (Wildman–Crippen MR) is 139 cm³/mol. The minimum atomic E-state index is -1.000. The zero-order chi connectivity index (χ0) is 26.4. The summed E-state index contributed by atoms with van der Waals surface area (Å²) >= 11 is 0.954. The number of ether oxygens (including phenoxy) is 1. The number of aromatic nitrogens is 1. The number of amides is 1. The van der Waals surface area contributed by atoms with Gasteiger partial charge in [0.15, 0.2) is 16.7 Å². The predicted octanol–water partition coefficient (Wildman–Crippen LogP) is 4.83. The summed E-state index contributed by atoms with van der Waals surface area (Å²) in [6, 6.07) is 15.0. The Morgan fingerprint density at radius 2 is 1.84 bits per heavy atom. The van der Waals surface area contributed by atoms with E-state index in [1.54, 1.807) is 43.3 Å². The van der Waals surface area contributed by atoms with Crippen molar-refractivity contribution in [3.8, 4) is 0 Å². The molecule has 3 heterocycles. The summed E-state index contributed by atoms with van der Waals surface area (Å²) < 4.78 is 10.6. The maximum atomic E-state index is 13.7. The van der Waals surface area contributed by atoms with Gasteiger partial charge < -0.3 is 19.2 Å². The van der Waals surface area contributed by atoms with Gasteiger partial charge in [-0.05, 0) is 36.8 Å². The van der Waals surface area contributed by atoms with Crippen LogP contribution in [0, 0.1) is 6.92 Å². The average Bonchev–Trinajstić information content (AvgIpc) is 3.57. The van der Waals surface area contributed by atoms with Crippen molar-refractivity contribution in [1.82, 2.24) is 4.98 Å². The normalized spacial score (nSPS) is 15.5. The van der Waals surface area contributed by atoms with Crippen LogP contribution in [0.15, 0.2) is 70.3 Å². The van der Waals surface area contributed by atoms with Crippen LogP contribution in [0.25, 0.3) is 11.0 Å². The molecule has 1 unspecified atom stereocenters. The number of furan rings is 1. The molecular formula is C27H23N3O6S. The van der Waals surface area contributed by atoms with Crippen LogP contribution in [-0.2, 0) is 9.53 Å². The number of thiazole rings is 1. The summed E-state index contributed by atoms with van der Waals surface area (Å²) in [6.07, 6.45) is 0. The lowest BCUT2D eigenvalue weighted by Crippen LogP contribution is -2.31. The third-order valence-electron chi connectivity index (χ3n) is 6.19. The van der Waals surface area contributed by atoms with Crippen molar-refractivity contribution >= 4 is 50.8 Å². The van der Waals surface area contributed by atoms with E-state index >= 15 is 0 Å². The first kappa shape index (κ1) is 24.3. The molecule has 2 aromatic heterocycles. The highest BCUT2D eigenvalue weighted by Crippen LogP contribution is 2.44. The number of ketones is 1. The van der Waals surface area contributed by atoms with Crippen LogP contribution in [0.5, 0.6) is 0 Å². The zero-order valence-electron chi connectivity index (χ0n) is 20.5. The van der Waals surface area contributed by atoms with E-state index in [9.17, 15) is 19.5 Å². The van der Waals surface area contributed by atoms with Gasteiger partial charge in [-0.25, -0.2) is 9.78 Å². The van der Waals surface area contributed by atoms with Gasteiger partial charge in [-0.1, -0.05) is 41.7 Å². The number of methoxy groups -OCH3 is 1. The van der Waals surface area contributed by atoms with Gasteiger partial charge >= 0.3 is 5.97 Å². The Kier molecular flexibility index (Phi) is 6.04. The number of Topliss-reactive ketones (excluding diaryl/α,β-unsaturated/α-hetero) is 1. The summed E-state index contributed by atoms with van der Waals surface area (Å²) in [5.74, 6) is -2.70. The minimum absolute atomic E-state index is 0.00196. The highest BCUT2D eigenvalue weighted by Gasteiger charge is 2.47. The van der Waals surface area contributed by atoms with Crippen molar-refractivity contribution < 1.29 is 28.6 Å². The number of hydrogen-bond donors (Lipinski definition) is 1. The maximum Gasteiger partial charge on any atom is 0.350 e. The van der Waals surface area contributed by atoms with Crippen molar-refractivity contribution in [2.45, 2.75) is 13.0 Å². The van der Waals surface area contributed by atoms with Gasteiger partial charge in [0.25, 0.3) is 5.91 Å². The Morgan fingerprint density at radius 1 is 1.14 bits per heavy atom. The van der Waals surface area contributed by atoms with Gasteiger partial charge in [0.05, 0.1) is 24.4 Å². The Labute approximate surface area is 216 Å². The number of anilines is 2. The number of carbonyl (C=O) groups is 3. The Bertz CT molecular complexity index is 1550. The second kappa shape index (κ2) is 9.21. The van der Waals surface area contributed by atoms with Crippen molar-refractivity contribution in [3.05, 3.63) is 87.8 Å². The van der Waals surface area contributed by atoms with Crippen LogP contribution in [0.2, 0.25) is 0 Å². The first-order chi connectivity index (χ1) is 17.7. The van der Waals surface area contributed by atoms with Gasteiger partial charge in [0.2, 0.25) is 5.78 Å². The fourth-order valence-corrected chi connectivity index (χ4v) is 5.31. The van der Waals surface area contributed by atoms with Crippen molar-refractivity contribution in [2.75, 3.05) is 31.0 Å². The summed E-state index contributed by atoms with van der Waals surface area (Å²) in [7, 11) is 5.06. The van der Waals surface area contributed by atoms with Crippen LogP contribution in [0.3, 0.4) is 0 Å². The van der Waals surface area contributed by atoms with Crippen LogP contribution in [0.1, 0.15) is 37.5 Å². The topological polar surface area (TPSA) is 113 Å². The largest absolute Gasteiger partial charge is 0.503 e. The summed E-state index contributed by atoms with van der Waals surface area (Å²) in [5.41, 5.74) is 2.25. The van der Waals surface area contributed by atoms with E-state index in [-0.39, 0.29) is 21.3 Å². The molecular weight excluding hydrogens is 494 g/mol. The lowest BCUT2D eigenvalue weighted by atomic mass is 9.95. The SMILES string of the molecule is COC(=O)c1sc(N2C(=O)C(O)=C(C(=O)c3cc4ccccc4o3)C2c2ccc(N(C)C)cc2)nc1C. The standard InChI is InChI=1S/C27H23N3O6S/c1-14-24(26(34)35-4)37-27(28-14)30-21(15-9-11-17(12-10-15)29(2)3)20(23(32)25(30)33)22(31)19-13-16-7-5-6-8-18(16)36-19/h5-13,21,32H,1-4H3. The summed E-state index contributed by atoms with van der Waals surface area (Å²) in [6.45, 7) is 1.63. The molecule has 0 saturated carbocycles. The van der Waals surface area contributed by atoms with E-state index in [2.05, 4.69) is 4.98 Å². The average molecular weight is 518 g/mol. The molecule has 1 aliphatic rings. The van der Waals surface area contributed by atoms with Gasteiger partial charge in [-0.15, -0.1) is 0 Å². The highest BCUT2D eigenvalue weighted by molar-refractivity contribution is 7.17. The molecule has 0 radical (unpaired) electrons. The Hall–Kier alpha value is -4.44. The van der Waals surface area contributed by atoms with Gasteiger partial charge in [0, 0.05) is 25.2 Å². The first-order valence-corrected chi connectivity index (χ1v) is 12.2. The number of aliphatic hydroxyl groups is 1. The number of benzene rings is 2. The fraction of sp³-hybridized carbons (Fsp3) is 0.185. The number of rotatable bonds is 6. The van der Waals surface area contributed by atoms with Gasteiger partial charge in [0.1, 0.15) is 10.5 Å². The number of para-hydroxylation sites is 1. The second-order valence-corrected chi connectivity index (χ2v) is 9.68. The number of carbonyl (C=O) groups excluding carboxylic acids is 3. The number of aliphatic hydroxyl groups excluding tert-OH is 1. The molecule has 5 rings (SSSR count). The smallest absolute Gasteiger partial charge is 0.350 e. The fourth-order valence-electron chi connectivity index (χ4n) is 4.30.